The van der Waals surface area contributed by atoms with Crippen LogP contribution in [0.4, 0.5) is 11.8 Å². The fourth-order valence-electron chi connectivity index (χ4n) is 3.09. The molecule has 0 amide bonds. The number of aromatic nitrogens is 2. The van der Waals surface area contributed by atoms with Gasteiger partial charge < -0.3 is 10.2 Å². The molecular weight excluding hydrogens is 284 g/mol. The molecule has 1 saturated heterocycles. The predicted molar refractivity (Wildman–Crippen MR) is 95.9 cm³/mol. The Morgan fingerprint density at radius 2 is 1.70 bits per heavy atom. The Kier molecular flexibility index (Phi) is 5.11. The summed E-state index contributed by atoms with van der Waals surface area (Å²) >= 11 is 0. The summed E-state index contributed by atoms with van der Waals surface area (Å²) in [4.78, 5) is 11.8. The Labute approximate surface area is 139 Å². The average Bonchev–Trinajstić information content (AvgIpc) is 2.84. The molecule has 4 heteroatoms. The van der Waals surface area contributed by atoms with Crippen molar-refractivity contribution in [3.05, 3.63) is 47.7 Å². The Bertz CT molecular complexity index is 619. The molecule has 2 heterocycles. The number of aryl methyl sites for hydroxylation is 1. The van der Waals surface area contributed by atoms with Gasteiger partial charge >= 0.3 is 0 Å². The molecule has 1 fully saturated rings. The minimum atomic E-state index is 0.225. The third kappa shape index (κ3) is 4.21. The van der Waals surface area contributed by atoms with E-state index in [1.54, 1.807) is 0 Å². The lowest BCUT2D eigenvalue weighted by Gasteiger charge is -2.22. The van der Waals surface area contributed by atoms with Crippen LogP contribution < -0.4 is 10.2 Å². The predicted octanol–water partition coefficient (Wildman–Crippen LogP) is 4.34. The van der Waals surface area contributed by atoms with E-state index < -0.39 is 0 Å². The number of rotatable bonds is 4. The molecule has 1 atom stereocenters. The highest BCUT2D eigenvalue weighted by Crippen LogP contribution is 2.21. The van der Waals surface area contributed by atoms with Gasteiger partial charge in [-0.05, 0) is 32.3 Å². The van der Waals surface area contributed by atoms with E-state index in [1.165, 1.54) is 31.2 Å². The summed E-state index contributed by atoms with van der Waals surface area (Å²) in [7, 11) is 0. The van der Waals surface area contributed by atoms with Gasteiger partial charge in [0, 0.05) is 30.9 Å². The monoisotopic (exact) mass is 310 g/mol. The lowest BCUT2D eigenvalue weighted by atomic mass is 10.1. The van der Waals surface area contributed by atoms with E-state index in [-0.39, 0.29) is 6.04 Å². The Morgan fingerprint density at radius 1 is 1.00 bits per heavy atom. The van der Waals surface area contributed by atoms with Gasteiger partial charge in [-0.15, -0.1) is 0 Å². The molecule has 1 aromatic carbocycles. The van der Waals surface area contributed by atoms with E-state index in [2.05, 4.69) is 46.4 Å². The van der Waals surface area contributed by atoms with Crippen LogP contribution in [0.5, 0.6) is 0 Å². The van der Waals surface area contributed by atoms with Crippen LogP contribution in [-0.2, 0) is 0 Å². The molecule has 0 bridgehead atoms. The lowest BCUT2D eigenvalue weighted by molar-refractivity contribution is 0.726. The first-order valence-corrected chi connectivity index (χ1v) is 8.64. The van der Waals surface area contributed by atoms with Crippen LogP contribution in [0.2, 0.25) is 0 Å². The summed E-state index contributed by atoms with van der Waals surface area (Å²) in [6.45, 7) is 6.34. The number of benzene rings is 1. The molecule has 122 valence electrons. The molecule has 0 saturated carbocycles. The molecule has 3 rings (SSSR count). The first-order valence-electron chi connectivity index (χ1n) is 8.64. The van der Waals surface area contributed by atoms with Crippen molar-refractivity contribution >= 4 is 11.8 Å². The van der Waals surface area contributed by atoms with E-state index in [1.807, 2.05) is 19.1 Å². The first kappa shape index (κ1) is 15.8. The molecule has 0 spiro atoms. The van der Waals surface area contributed by atoms with Crippen LogP contribution in [0, 0.1) is 6.92 Å². The third-order valence-corrected chi connectivity index (χ3v) is 4.40. The second-order valence-corrected chi connectivity index (χ2v) is 6.37. The maximum atomic E-state index is 4.77. The van der Waals surface area contributed by atoms with Crippen molar-refractivity contribution in [1.29, 1.82) is 0 Å². The second-order valence-electron chi connectivity index (χ2n) is 6.37. The van der Waals surface area contributed by atoms with E-state index in [9.17, 15) is 0 Å². The quantitative estimate of drug-likeness (QED) is 0.912. The van der Waals surface area contributed by atoms with Gasteiger partial charge in [-0.1, -0.05) is 43.2 Å². The lowest BCUT2D eigenvalue weighted by Crippen LogP contribution is -2.26. The zero-order chi connectivity index (χ0) is 16.1. The van der Waals surface area contributed by atoms with Gasteiger partial charge in [0.2, 0.25) is 5.95 Å². The van der Waals surface area contributed by atoms with Crippen LogP contribution in [-0.4, -0.2) is 23.1 Å². The molecule has 1 unspecified atom stereocenters. The van der Waals surface area contributed by atoms with Crippen molar-refractivity contribution in [3.63, 3.8) is 0 Å². The van der Waals surface area contributed by atoms with Gasteiger partial charge in [0.1, 0.15) is 5.82 Å². The summed E-state index contributed by atoms with van der Waals surface area (Å²) in [5.74, 6) is 1.78. The molecule has 0 radical (unpaired) electrons. The van der Waals surface area contributed by atoms with Crippen LogP contribution >= 0.6 is 0 Å². The largest absolute Gasteiger partial charge is 0.363 e. The fourth-order valence-corrected chi connectivity index (χ4v) is 3.09. The molecule has 1 aliphatic heterocycles. The highest BCUT2D eigenvalue weighted by atomic mass is 15.3. The van der Waals surface area contributed by atoms with Crippen molar-refractivity contribution in [2.24, 2.45) is 0 Å². The average molecular weight is 310 g/mol. The third-order valence-electron chi connectivity index (χ3n) is 4.40. The van der Waals surface area contributed by atoms with Gasteiger partial charge in [-0.2, -0.15) is 4.98 Å². The van der Waals surface area contributed by atoms with E-state index in [0.717, 1.165) is 30.5 Å². The normalized spacial score (nSPS) is 16.7. The minimum Gasteiger partial charge on any atom is -0.363 e. The molecule has 1 aliphatic rings. The molecule has 1 N–H and O–H groups in total. The number of hydrogen-bond acceptors (Lipinski definition) is 4. The first-order chi connectivity index (χ1) is 11.2. The summed E-state index contributed by atoms with van der Waals surface area (Å²) in [5, 5.41) is 3.52. The van der Waals surface area contributed by atoms with Crippen molar-refractivity contribution in [2.45, 2.75) is 45.6 Å². The SMILES string of the molecule is Cc1cc(NC(C)c2ccccc2)nc(N2CCCCCC2)n1. The van der Waals surface area contributed by atoms with Crippen LogP contribution in [0.3, 0.4) is 0 Å². The number of anilines is 2. The number of nitrogens with one attached hydrogen (secondary N) is 1. The van der Waals surface area contributed by atoms with Crippen molar-refractivity contribution in [1.82, 2.24) is 9.97 Å². The summed E-state index contributed by atoms with van der Waals surface area (Å²) in [6, 6.07) is 12.7. The zero-order valence-corrected chi connectivity index (χ0v) is 14.1. The molecule has 1 aromatic heterocycles. The molecule has 4 nitrogen and oxygen atoms in total. The molecule has 2 aromatic rings. The Hall–Kier alpha value is -2.10. The topological polar surface area (TPSA) is 41.1 Å². The summed E-state index contributed by atoms with van der Waals surface area (Å²) in [5.41, 5.74) is 2.28. The van der Waals surface area contributed by atoms with Crippen molar-refractivity contribution < 1.29 is 0 Å². The van der Waals surface area contributed by atoms with Crippen LogP contribution in [0.25, 0.3) is 0 Å². The zero-order valence-electron chi connectivity index (χ0n) is 14.1. The van der Waals surface area contributed by atoms with Gasteiger partial charge in [0.15, 0.2) is 0 Å². The number of nitrogens with zero attached hydrogens (tertiary/aromatic N) is 3. The fraction of sp³-hybridized carbons (Fsp3) is 0.474. The van der Waals surface area contributed by atoms with Gasteiger partial charge in [-0.3, -0.25) is 0 Å². The Morgan fingerprint density at radius 3 is 2.39 bits per heavy atom. The van der Waals surface area contributed by atoms with Crippen molar-refractivity contribution in [2.75, 3.05) is 23.3 Å². The standard InChI is InChI=1S/C19H26N4/c1-15-14-18(21-16(2)17-10-6-5-7-11-17)22-19(20-15)23-12-8-3-4-9-13-23/h5-7,10-11,14,16H,3-4,8-9,12-13H2,1-2H3,(H,20,21,22). The molecule has 0 aliphatic carbocycles. The maximum Gasteiger partial charge on any atom is 0.227 e. The maximum absolute atomic E-state index is 4.77. The van der Waals surface area contributed by atoms with Crippen LogP contribution in [0.1, 0.15) is 49.9 Å². The minimum absolute atomic E-state index is 0.225. The molecule has 23 heavy (non-hydrogen) atoms. The summed E-state index contributed by atoms with van der Waals surface area (Å²) in [6.07, 6.45) is 5.11. The van der Waals surface area contributed by atoms with Crippen molar-refractivity contribution in [3.8, 4) is 0 Å². The second kappa shape index (κ2) is 7.44. The molecular formula is C19H26N4. The van der Waals surface area contributed by atoms with E-state index >= 15 is 0 Å². The van der Waals surface area contributed by atoms with Gasteiger partial charge in [0.05, 0.1) is 0 Å². The van der Waals surface area contributed by atoms with E-state index in [0.29, 0.717) is 0 Å². The van der Waals surface area contributed by atoms with Gasteiger partial charge in [0.25, 0.3) is 0 Å². The van der Waals surface area contributed by atoms with E-state index in [4.69, 9.17) is 4.98 Å². The number of hydrogen-bond donors (Lipinski definition) is 1. The highest BCUT2D eigenvalue weighted by molar-refractivity contribution is 5.45. The van der Waals surface area contributed by atoms with Gasteiger partial charge in [-0.25, -0.2) is 4.98 Å². The smallest absolute Gasteiger partial charge is 0.227 e. The summed E-state index contributed by atoms with van der Waals surface area (Å²) < 4.78 is 0. The van der Waals surface area contributed by atoms with Crippen LogP contribution in [0.15, 0.2) is 36.4 Å². The Balaban J connectivity index is 1.77. The highest BCUT2D eigenvalue weighted by Gasteiger charge is 2.14.